The summed E-state index contributed by atoms with van der Waals surface area (Å²) in [6.07, 6.45) is 0. The molecule has 0 spiro atoms. The van der Waals surface area contributed by atoms with Gasteiger partial charge in [-0.25, -0.2) is 4.98 Å². The molecular formula is C12H9ClN4S. The molecule has 1 aromatic carbocycles. The third-order valence-electron chi connectivity index (χ3n) is 2.38. The largest absolute Gasteiger partial charge is 0.315 e. The van der Waals surface area contributed by atoms with Crippen molar-refractivity contribution in [3.05, 3.63) is 41.0 Å². The van der Waals surface area contributed by atoms with E-state index in [-0.39, 0.29) is 0 Å². The van der Waals surface area contributed by atoms with Crippen LogP contribution >= 0.6 is 22.9 Å². The van der Waals surface area contributed by atoms with Gasteiger partial charge in [0.2, 0.25) is 0 Å². The number of nitrogens with one attached hydrogen (secondary N) is 1. The fourth-order valence-corrected chi connectivity index (χ4v) is 2.68. The van der Waals surface area contributed by atoms with E-state index in [1.807, 2.05) is 37.3 Å². The van der Waals surface area contributed by atoms with E-state index in [2.05, 4.69) is 20.5 Å². The number of benzene rings is 1. The van der Waals surface area contributed by atoms with Crippen molar-refractivity contribution in [2.24, 2.45) is 0 Å². The number of rotatable bonds is 2. The van der Waals surface area contributed by atoms with Crippen molar-refractivity contribution in [3.63, 3.8) is 0 Å². The molecular weight excluding hydrogens is 268 g/mol. The van der Waals surface area contributed by atoms with Gasteiger partial charge in [0, 0.05) is 5.02 Å². The van der Waals surface area contributed by atoms with Crippen LogP contribution < -0.4 is 5.32 Å². The van der Waals surface area contributed by atoms with Gasteiger partial charge in [0.15, 0.2) is 10.9 Å². The van der Waals surface area contributed by atoms with Crippen molar-refractivity contribution in [3.8, 4) is 0 Å². The molecule has 0 aliphatic heterocycles. The van der Waals surface area contributed by atoms with Crippen molar-refractivity contribution < 1.29 is 0 Å². The summed E-state index contributed by atoms with van der Waals surface area (Å²) in [5, 5.41) is 12.7. The molecule has 18 heavy (non-hydrogen) atoms. The Balaban J connectivity index is 1.92. The van der Waals surface area contributed by atoms with Crippen molar-refractivity contribution in [1.29, 1.82) is 0 Å². The summed E-state index contributed by atoms with van der Waals surface area (Å²) in [7, 11) is 0. The first-order chi connectivity index (χ1) is 8.70. The van der Waals surface area contributed by atoms with E-state index >= 15 is 0 Å². The second-order valence-corrected chi connectivity index (χ2v) is 5.28. The number of nitrogens with zero attached hydrogens (tertiary/aromatic N) is 3. The number of aryl methyl sites for hydroxylation is 1. The highest BCUT2D eigenvalue weighted by Crippen LogP contribution is 2.29. The first kappa shape index (κ1) is 11.4. The van der Waals surface area contributed by atoms with Gasteiger partial charge in [-0.3, -0.25) is 0 Å². The summed E-state index contributed by atoms with van der Waals surface area (Å²) in [6.45, 7) is 1.90. The molecule has 0 aliphatic carbocycles. The smallest absolute Gasteiger partial charge is 0.189 e. The molecule has 0 amide bonds. The second kappa shape index (κ2) is 4.51. The number of hydrogen-bond acceptors (Lipinski definition) is 5. The Bertz CT molecular complexity index is 693. The van der Waals surface area contributed by atoms with Crippen LogP contribution in [0.1, 0.15) is 5.69 Å². The Morgan fingerprint density at radius 3 is 2.83 bits per heavy atom. The van der Waals surface area contributed by atoms with Crippen LogP contribution in [0.15, 0.2) is 30.3 Å². The molecule has 0 atom stereocenters. The van der Waals surface area contributed by atoms with Crippen LogP contribution in [0.4, 0.5) is 10.9 Å². The summed E-state index contributed by atoms with van der Waals surface area (Å²) >= 11 is 7.48. The Hall–Kier alpha value is -1.72. The predicted molar refractivity (Wildman–Crippen MR) is 74.7 cm³/mol. The number of fused-ring (bicyclic) bond motifs is 1. The van der Waals surface area contributed by atoms with Crippen molar-refractivity contribution in [2.45, 2.75) is 6.92 Å². The number of thiazole rings is 1. The normalized spacial score (nSPS) is 10.8. The zero-order valence-electron chi connectivity index (χ0n) is 9.51. The van der Waals surface area contributed by atoms with Crippen LogP contribution in [0.3, 0.4) is 0 Å². The highest BCUT2D eigenvalue weighted by molar-refractivity contribution is 7.22. The van der Waals surface area contributed by atoms with Crippen LogP contribution in [0.25, 0.3) is 10.2 Å². The molecule has 0 bridgehead atoms. The third-order valence-corrected chi connectivity index (χ3v) is 3.55. The van der Waals surface area contributed by atoms with E-state index in [0.717, 1.165) is 21.0 Å². The minimum Gasteiger partial charge on any atom is -0.315 e. The average molecular weight is 277 g/mol. The molecule has 0 saturated carbocycles. The maximum Gasteiger partial charge on any atom is 0.189 e. The second-order valence-electron chi connectivity index (χ2n) is 3.82. The van der Waals surface area contributed by atoms with Gasteiger partial charge < -0.3 is 5.32 Å². The van der Waals surface area contributed by atoms with Crippen LogP contribution in [-0.4, -0.2) is 15.2 Å². The standard InChI is InChI=1S/C12H9ClN4S/c1-7-2-5-11(17-16-7)15-12-14-9-4-3-8(13)6-10(9)18-12/h2-6H,1H3,(H,14,15,17). The summed E-state index contributed by atoms with van der Waals surface area (Å²) in [4.78, 5) is 4.45. The number of anilines is 2. The lowest BCUT2D eigenvalue weighted by Gasteiger charge is -1.99. The Labute approximate surface area is 113 Å². The van der Waals surface area contributed by atoms with Crippen LogP contribution in [0.2, 0.25) is 5.02 Å². The van der Waals surface area contributed by atoms with E-state index in [1.165, 1.54) is 11.3 Å². The van der Waals surface area contributed by atoms with E-state index in [9.17, 15) is 0 Å². The molecule has 0 radical (unpaired) electrons. The minimum atomic E-state index is 0.686. The topological polar surface area (TPSA) is 50.7 Å². The van der Waals surface area contributed by atoms with E-state index < -0.39 is 0 Å². The van der Waals surface area contributed by atoms with Gasteiger partial charge in [-0.05, 0) is 37.3 Å². The van der Waals surface area contributed by atoms with Crippen molar-refractivity contribution in [1.82, 2.24) is 15.2 Å². The Morgan fingerprint density at radius 2 is 2.06 bits per heavy atom. The molecule has 0 aliphatic rings. The highest BCUT2D eigenvalue weighted by atomic mass is 35.5. The maximum atomic E-state index is 5.94. The number of halogens is 1. The van der Waals surface area contributed by atoms with Crippen LogP contribution in [-0.2, 0) is 0 Å². The fourth-order valence-electron chi connectivity index (χ4n) is 1.53. The predicted octanol–water partition coefficient (Wildman–Crippen LogP) is 3.79. The lowest BCUT2D eigenvalue weighted by atomic mass is 10.3. The van der Waals surface area contributed by atoms with Gasteiger partial charge in [0.05, 0.1) is 15.9 Å². The van der Waals surface area contributed by atoms with Gasteiger partial charge in [-0.15, -0.1) is 5.10 Å². The quantitative estimate of drug-likeness (QED) is 0.774. The lowest BCUT2D eigenvalue weighted by molar-refractivity contribution is 0.985. The molecule has 4 nitrogen and oxygen atoms in total. The first-order valence-corrected chi connectivity index (χ1v) is 6.53. The number of aromatic nitrogens is 3. The van der Waals surface area contributed by atoms with E-state index in [1.54, 1.807) is 0 Å². The molecule has 2 aromatic heterocycles. The summed E-state index contributed by atoms with van der Waals surface area (Å²) in [6, 6.07) is 9.42. The fraction of sp³-hybridized carbons (Fsp3) is 0.0833. The molecule has 0 saturated heterocycles. The molecule has 6 heteroatoms. The zero-order chi connectivity index (χ0) is 12.5. The molecule has 90 valence electrons. The third kappa shape index (κ3) is 2.27. The lowest BCUT2D eigenvalue weighted by Crippen LogP contribution is -1.95. The zero-order valence-corrected chi connectivity index (χ0v) is 11.1. The van der Waals surface area contributed by atoms with Crippen LogP contribution in [0, 0.1) is 6.92 Å². The van der Waals surface area contributed by atoms with Crippen molar-refractivity contribution >= 4 is 44.1 Å². The Kier molecular flexibility index (Phi) is 2.85. The van der Waals surface area contributed by atoms with Gasteiger partial charge in [0.1, 0.15) is 0 Å². The summed E-state index contributed by atoms with van der Waals surface area (Å²) < 4.78 is 1.05. The van der Waals surface area contributed by atoms with Gasteiger partial charge in [0.25, 0.3) is 0 Å². The molecule has 3 rings (SSSR count). The van der Waals surface area contributed by atoms with E-state index in [4.69, 9.17) is 11.6 Å². The number of hydrogen-bond donors (Lipinski definition) is 1. The molecule has 0 fully saturated rings. The average Bonchev–Trinajstić information content (AvgIpc) is 2.73. The van der Waals surface area contributed by atoms with Gasteiger partial charge in [-0.1, -0.05) is 22.9 Å². The first-order valence-electron chi connectivity index (χ1n) is 5.34. The van der Waals surface area contributed by atoms with Crippen molar-refractivity contribution in [2.75, 3.05) is 5.32 Å². The van der Waals surface area contributed by atoms with Gasteiger partial charge in [-0.2, -0.15) is 5.10 Å². The minimum absolute atomic E-state index is 0.686. The Morgan fingerprint density at radius 1 is 1.17 bits per heavy atom. The SMILES string of the molecule is Cc1ccc(Nc2nc3ccc(Cl)cc3s2)nn1. The monoisotopic (exact) mass is 276 g/mol. The van der Waals surface area contributed by atoms with E-state index in [0.29, 0.717) is 10.8 Å². The molecule has 1 N–H and O–H groups in total. The summed E-state index contributed by atoms with van der Waals surface area (Å²) in [5.41, 5.74) is 1.81. The van der Waals surface area contributed by atoms with Crippen LogP contribution in [0.5, 0.6) is 0 Å². The molecule has 2 heterocycles. The highest BCUT2D eigenvalue weighted by Gasteiger charge is 2.05. The maximum absolute atomic E-state index is 5.94. The summed E-state index contributed by atoms with van der Waals surface area (Å²) in [5.74, 6) is 0.686. The molecule has 3 aromatic rings. The molecule has 0 unspecified atom stereocenters. The van der Waals surface area contributed by atoms with Gasteiger partial charge >= 0.3 is 0 Å².